The molecule has 22 heavy (non-hydrogen) atoms. The van der Waals surface area contributed by atoms with Crippen LogP contribution in [0.25, 0.3) is 0 Å². The summed E-state index contributed by atoms with van der Waals surface area (Å²) < 4.78 is 5.26. The van der Waals surface area contributed by atoms with Crippen molar-refractivity contribution in [2.75, 3.05) is 17.2 Å². The van der Waals surface area contributed by atoms with Gasteiger partial charge in [0.05, 0.1) is 5.69 Å². The Morgan fingerprint density at radius 1 is 1.14 bits per heavy atom. The Kier molecular flexibility index (Phi) is 5.41. The van der Waals surface area contributed by atoms with E-state index in [-0.39, 0.29) is 6.54 Å². The molecule has 6 heteroatoms. The van der Waals surface area contributed by atoms with Crippen molar-refractivity contribution >= 4 is 23.4 Å². The number of nitrogens with one attached hydrogen (secondary N) is 2. The lowest BCUT2D eigenvalue weighted by Crippen LogP contribution is -2.28. The van der Waals surface area contributed by atoms with Crippen molar-refractivity contribution in [1.29, 1.82) is 0 Å². The summed E-state index contributed by atoms with van der Waals surface area (Å²) in [6, 6.07) is 1.89. The van der Waals surface area contributed by atoms with Gasteiger partial charge in [0.1, 0.15) is 12.1 Å². The minimum Gasteiger partial charge on any atom is -0.480 e. The van der Waals surface area contributed by atoms with Crippen molar-refractivity contribution in [2.24, 2.45) is 0 Å². The second kappa shape index (κ2) is 6.68. The van der Waals surface area contributed by atoms with Crippen LogP contribution in [0, 0.1) is 20.8 Å². The Balaban J connectivity index is 3.06. The predicted molar refractivity (Wildman–Crippen MR) is 86.6 cm³/mol. The maximum absolute atomic E-state index is 11.9. The lowest BCUT2D eigenvalue weighted by Gasteiger charge is -2.22. The van der Waals surface area contributed by atoms with Gasteiger partial charge in [0.2, 0.25) is 0 Å². The summed E-state index contributed by atoms with van der Waals surface area (Å²) in [5.74, 6) is -0.943. The van der Waals surface area contributed by atoms with Gasteiger partial charge >= 0.3 is 12.1 Å². The van der Waals surface area contributed by atoms with E-state index in [2.05, 4.69) is 10.6 Å². The normalized spacial score (nSPS) is 11.0. The summed E-state index contributed by atoms with van der Waals surface area (Å²) in [6.45, 7) is 10.8. The number of aryl methyl sites for hydroxylation is 2. The molecule has 1 aromatic carbocycles. The van der Waals surface area contributed by atoms with Crippen molar-refractivity contribution in [3.63, 3.8) is 0 Å². The van der Waals surface area contributed by atoms with Crippen LogP contribution in [-0.4, -0.2) is 29.3 Å². The van der Waals surface area contributed by atoms with Gasteiger partial charge in [0.15, 0.2) is 0 Å². The molecule has 0 fully saturated rings. The topological polar surface area (TPSA) is 87.7 Å². The molecule has 0 atom stereocenters. The number of carboxylic acids is 1. The highest BCUT2D eigenvalue weighted by molar-refractivity contribution is 5.89. The fourth-order valence-corrected chi connectivity index (χ4v) is 2.22. The van der Waals surface area contributed by atoms with Gasteiger partial charge in [-0.05, 0) is 58.2 Å². The fourth-order valence-electron chi connectivity index (χ4n) is 2.22. The Bertz CT molecular complexity index is 589. The third kappa shape index (κ3) is 4.95. The SMILES string of the molecule is Cc1cc(C)c(NC(=O)OC(C)(C)C)c(C)c1NCC(=O)O. The van der Waals surface area contributed by atoms with Crippen LogP contribution in [0.5, 0.6) is 0 Å². The molecular weight excluding hydrogens is 284 g/mol. The van der Waals surface area contributed by atoms with Gasteiger partial charge in [0, 0.05) is 5.69 Å². The Morgan fingerprint density at radius 3 is 2.18 bits per heavy atom. The molecule has 0 saturated heterocycles. The smallest absolute Gasteiger partial charge is 0.412 e. The van der Waals surface area contributed by atoms with Crippen molar-refractivity contribution < 1.29 is 19.4 Å². The van der Waals surface area contributed by atoms with Crippen LogP contribution in [0.3, 0.4) is 0 Å². The van der Waals surface area contributed by atoms with Crippen molar-refractivity contribution in [3.8, 4) is 0 Å². The second-order valence-electron chi connectivity index (χ2n) is 6.26. The number of carbonyl (C=O) groups is 2. The lowest BCUT2D eigenvalue weighted by molar-refractivity contribution is -0.134. The Morgan fingerprint density at radius 2 is 1.68 bits per heavy atom. The van der Waals surface area contributed by atoms with Crippen LogP contribution in [-0.2, 0) is 9.53 Å². The fraction of sp³-hybridized carbons (Fsp3) is 0.500. The molecule has 0 aliphatic rings. The average Bonchev–Trinajstić information content (AvgIpc) is 2.31. The first kappa shape index (κ1) is 17.8. The number of carbonyl (C=O) groups excluding carboxylic acids is 1. The predicted octanol–water partition coefficient (Wildman–Crippen LogP) is 3.46. The van der Waals surface area contributed by atoms with E-state index in [4.69, 9.17) is 9.84 Å². The molecular formula is C16H24N2O4. The molecule has 0 radical (unpaired) electrons. The first-order valence-electron chi connectivity index (χ1n) is 7.07. The first-order chi connectivity index (χ1) is 10.0. The molecule has 0 aromatic heterocycles. The van der Waals surface area contributed by atoms with Gasteiger partial charge in [-0.1, -0.05) is 6.07 Å². The van der Waals surface area contributed by atoms with Crippen LogP contribution in [0.1, 0.15) is 37.5 Å². The molecule has 6 nitrogen and oxygen atoms in total. The molecule has 1 amide bonds. The lowest BCUT2D eigenvalue weighted by atomic mass is 10.0. The number of ether oxygens (including phenoxy) is 1. The minimum absolute atomic E-state index is 0.184. The molecule has 0 aliphatic heterocycles. The molecule has 0 saturated carbocycles. The number of anilines is 2. The number of hydrogen-bond acceptors (Lipinski definition) is 4. The van der Waals surface area contributed by atoms with E-state index in [9.17, 15) is 9.59 Å². The van der Waals surface area contributed by atoms with Crippen molar-refractivity contribution in [3.05, 3.63) is 22.8 Å². The third-order valence-electron chi connectivity index (χ3n) is 3.01. The van der Waals surface area contributed by atoms with Crippen LogP contribution >= 0.6 is 0 Å². The van der Waals surface area contributed by atoms with E-state index in [1.807, 2.05) is 26.8 Å². The molecule has 0 aliphatic carbocycles. The van der Waals surface area contributed by atoms with Crippen molar-refractivity contribution in [1.82, 2.24) is 0 Å². The molecule has 1 aromatic rings. The van der Waals surface area contributed by atoms with Gasteiger partial charge in [0.25, 0.3) is 0 Å². The van der Waals surface area contributed by atoms with Crippen LogP contribution in [0.4, 0.5) is 16.2 Å². The van der Waals surface area contributed by atoms with E-state index in [0.717, 1.165) is 16.7 Å². The van der Waals surface area contributed by atoms with Crippen molar-refractivity contribution in [2.45, 2.75) is 47.1 Å². The van der Waals surface area contributed by atoms with E-state index >= 15 is 0 Å². The summed E-state index contributed by atoms with van der Waals surface area (Å²) in [4.78, 5) is 22.7. The highest BCUT2D eigenvalue weighted by Crippen LogP contribution is 2.31. The van der Waals surface area contributed by atoms with E-state index in [0.29, 0.717) is 11.4 Å². The summed E-state index contributed by atoms with van der Waals surface area (Å²) in [5.41, 5.74) is 3.35. The van der Waals surface area contributed by atoms with Crippen LogP contribution < -0.4 is 10.6 Å². The Hall–Kier alpha value is -2.24. The molecule has 0 heterocycles. The van der Waals surface area contributed by atoms with Gasteiger partial charge in [-0.3, -0.25) is 10.1 Å². The van der Waals surface area contributed by atoms with Crippen LogP contribution in [0.2, 0.25) is 0 Å². The van der Waals surface area contributed by atoms with Gasteiger partial charge in [-0.15, -0.1) is 0 Å². The maximum atomic E-state index is 11.9. The number of carboxylic acid groups (broad SMARTS) is 1. The average molecular weight is 308 g/mol. The van der Waals surface area contributed by atoms with Gasteiger partial charge in [-0.2, -0.15) is 0 Å². The maximum Gasteiger partial charge on any atom is 0.412 e. The highest BCUT2D eigenvalue weighted by Gasteiger charge is 2.19. The van der Waals surface area contributed by atoms with E-state index in [1.165, 1.54) is 0 Å². The molecule has 122 valence electrons. The summed E-state index contributed by atoms with van der Waals surface area (Å²) in [5, 5.41) is 14.4. The standard InChI is InChI=1S/C16H24N2O4/c1-9-7-10(2)14(18-15(21)22-16(4,5)6)11(3)13(9)17-8-12(19)20/h7,17H,8H2,1-6H3,(H,18,21)(H,19,20). The number of hydrogen-bond donors (Lipinski definition) is 3. The zero-order chi connectivity index (χ0) is 17.1. The molecule has 0 unspecified atom stereocenters. The third-order valence-corrected chi connectivity index (χ3v) is 3.01. The molecule has 0 spiro atoms. The number of aliphatic carboxylic acids is 1. The molecule has 1 rings (SSSR count). The summed E-state index contributed by atoms with van der Waals surface area (Å²) in [6.07, 6.45) is -0.535. The minimum atomic E-state index is -0.943. The quantitative estimate of drug-likeness (QED) is 0.793. The summed E-state index contributed by atoms with van der Waals surface area (Å²) >= 11 is 0. The monoisotopic (exact) mass is 308 g/mol. The van der Waals surface area contributed by atoms with Gasteiger partial charge in [-0.25, -0.2) is 4.79 Å². The zero-order valence-electron chi connectivity index (χ0n) is 14.0. The summed E-state index contributed by atoms with van der Waals surface area (Å²) in [7, 11) is 0. The van der Waals surface area contributed by atoms with E-state index in [1.54, 1.807) is 20.8 Å². The second-order valence-corrected chi connectivity index (χ2v) is 6.26. The highest BCUT2D eigenvalue weighted by atomic mass is 16.6. The number of benzene rings is 1. The number of rotatable bonds is 4. The first-order valence-corrected chi connectivity index (χ1v) is 7.07. The van der Waals surface area contributed by atoms with Gasteiger partial charge < -0.3 is 15.2 Å². The number of amides is 1. The van der Waals surface area contributed by atoms with E-state index < -0.39 is 17.7 Å². The largest absolute Gasteiger partial charge is 0.480 e. The zero-order valence-corrected chi connectivity index (χ0v) is 14.0. The van der Waals surface area contributed by atoms with Crippen LogP contribution in [0.15, 0.2) is 6.07 Å². The Labute approximate surface area is 130 Å². The molecule has 0 bridgehead atoms. The molecule has 3 N–H and O–H groups in total.